The molecule has 0 radical (unpaired) electrons. The molecule has 274 valence electrons. The van der Waals surface area contributed by atoms with E-state index in [1.165, 1.54) is 7.11 Å². The average molecular weight is 675 g/mol. The minimum atomic E-state index is -1.04. The van der Waals surface area contributed by atoms with Crippen LogP contribution in [-0.4, -0.2) is 198 Å². The highest BCUT2D eigenvalue weighted by Crippen LogP contribution is 2.35. The van der Waals surface area contributed by atoms with Crippen molar-refractivity contribution in [1.29, 1.82) is 0 Å². The van der Waals surface area contributed by atoms with E-state index in [9.17, 15) is 0 Å². The summed E-state index contributed by atoms with van der Waals surface area (Å²) in [6.45, 7) is 0.788. The van der Waals surface area contributed by atoms with Crippen molar-refractivity contribution in [3.8, 4) is 0 Å². The Morgan fingerprint density at radius 3 is 1.28 bits per heavy atom. The molecule has 0 aromatic heterocycles. The minimum absolute atomic E-state index is 0.154. The molecule has 2 heterocycles. The van der Waals surface area contributed by atoms with E-state index in [4.69, 9.17) is 75.8 Å². The third-order valence-corrected chi connectivity index (χ3v) is 8.38. The molecule has 16 heteroatoms. The Balaban J connectivity index is 2.56. The fourth-order valence-electron chi connectivity index (χ4n) is 6.17. The van der Waals surface area contributed by atoms with E-state index >= 15 is 0 Å². The van der Waals surface area contributed by atoms with Crippen molar-refractivity contribution in [2.45, 2.75) is 85.8 Å². The topological polar surface area (TPSA) is 148 Å². The predicted molar refractivity (Wildman–Crippen MR) is 161 cm³/mol. The molecule has 46 heavy (non-hydrogen) atoms. The summed E-state index contributed by atoms with van der Waals surface area (Å²) >= 11 is 0. The normalized spacial score (nSPS) is 34.7. The molecule has 0 amide bonds. The van der Waals surface area contributed by atoms with Crippen molar-refractivity contribution in [1.82, 2.24) is 0 Å². The standard InChI is InChI=1S/C30H58O16/c1-31-13-17(35-5)21(37-7)24(18(36-6)14-32-2)45-30-28(42-12)26(23(39-9)20(44-30)16-34-4)46-29-27(41-11)25(40-10)22(38-8)19(43-29)15-33-3/h17-30H,13-16H2,1-12H3/t17-,18+,19-,20-,21-,22-,23-,24-,25+,26+,27-,28-,29+,30+/m1/s1. The smallest absolute Gasteiger partial charge is 0.187 e. The van der Waals surface area contributed by atoms with Crippen LogP contribution in [0.25, 0.3) is 0 Å². The predicted octanol–water partition coefficient (Wildman–Crippen LogP) is -0.0878. The van der Waals surface area contributed by atoms with Crippen molar-refractivity contribution >= 4 is 0 Å². The van der Waals surface area contributed by atoms with Crippen LogP contribution < -0.4 is 0 Å². The maximum absolute atomic E-state index is 6.73. The second-order valence-electron chi connectivity index (χ2n) is 10.9. The van der Waals surface area contributed by atoms with E-state index in [-0.39, 0.29) is 26.4 Å². The second kappa shape index (κ2) is 22.2. The van der Waals surface area contributed by atoms with Gasteiger partial charge in [-0.1, -0.05) is 0 Å². The molecule has 0 bridgehead atoms. The largest absolute Gasteiger partial charge is 0.382 e. The molecule has 0 aliphatic carbocycles. The maximum Gasteiger partial charge on any atom is 0.187 e. The highest BCUT2D eigenvalue weighted by molar-refractivity contribution is 4.98. The molecule has 2 saturated heterocycles. The van der Waals surface area contributed by atoms with Crippen LogP contribution in [-0.2, 0) is 75.8 Å². The Labute approximate surface area is 273 Å². The minimum Gasteiger partial charge on any atom is -0.382 e. The lowest BCUT2D eigenvalue weighted by Crippen LogP contribution is -2.67. The van der Waals surface area contributed by atoms with Crippen LogP contribution in [0.2, 0.25) is 0 Å². The molecule has 0 saturated carbocycles. The summed E-state index contributed by atoms with van der Waals surface area (Å²) in [6.07, 6.45) is -9.85. The van der Waals surface area contributed by atoms with Gasteiger partial charge in [0.15, 0.2) is 12.6 Å². The molecule has 2 rings (SSSR count). The van der Waals surface area contributed by atoms with Crippen LogP contribution in [0.5, 0.6) is 0 Å². The molecule has 0 unspecified atom stereocenters. The fraction of sp³-hybridized carbons (Fsp3) is 1.00. The third kappa shape index (κ3) is 10.2. The number of rotatable bonds is 23. The summed E-state index contributed by atoms with van der Waals surface area (Å²) in [5, 5.41) is 0. The SMILES string of the molecule is COC[C@H](OC)[C@@H](O[C@@H]1O[C@H](COC)[C@@H](OC)[C@H](O[C@@H]2O[C@H](COC)[C@@H](OC)[C@H](OC)[C@H]2OC)[C@H]1OC)[C@H](OC)[C@@H](COC)OC. The molecule has 0 N–H and O–H groups in total. The first-order valence-corrected chi connectivity index (χ1v) is 15.1. The fourth-order valence-corrected chi connectivity index (χ4v) is 6.17. The average Bonchev–Trinajstić information content (AvgIpc) is 3.06. The van der Waals surface area contributed by atoms with Crippen LogP contribution >= 0.6 is 0 Å². The first-order chi connectivity index (χ1) is 22.3. The molecule has 2 aliphatic rings. The van der Waals surface area contributed by atoms with Crippen LogP contribution in [0, 0.1) is 0 Å². The Bertz CT molecular complexity index is 781. The molecule has 2 aliphatic heterocycles. The van der Waals surface area contributed by atoms with Gasteiger partial charge in [-0.05, 0) is 0 Å². The van der Waals surface area contributed by atoms with E-state index in [0.29, 0.717) is 0 Å². The van der Waals surface area contributed by atoms with E-state index in [1.54, 1.807) is 78.2 Å². The van der Waals surface area contributed by atoms with E-state index < -0.39 is 85.8 Å². The van der Waals surface area contributed by atoms with E-state index in [1.807, 2.05) is 0 Å². The molecular weight excluding hydrogens is 616 g/mol. The third-order valence-electron chi connectivity index (χ3n) is 8.38. The molecule has 0 aromatic rings. The van der Waals surface area contributed by atoms with Gasteiger partial charge in [-0.25, -0.2) is 0 Å². The highest BCUT2D eigenvalue weighted by Gasteiger charge is 2.54. The Morgan fingerprint density at radius 2 is 0.870 bits per heavy atom. The van der Waals surface area contributed by atoms with Gasteiger partial charge in [-0.3, -0.25) is 0 Å². The molecule has 2 fully saturated rings. The van der Waals surface area contributed by atoms with Gasteiger partial charge in [0.1, 0.15) is 73.2 Å². The first-order valence-electron chi connectivity index (χ1n) is 15.1. The van der Waals surface area contributed by atoms with Crippen LogP contribution in [0.1, 0.15) is 0 Å². The Hall–Kier alpha value is -0.640. The first kappa shape index (κ1) is 41.5. The van der Waals surface area contributed by atoms with Crippen LogP contribution in [0.4, 0.5) is 0 Å². The van der Waals surface area contributed by atoms with E-state index in [0.717, 1.165) is 0 Å². The summed E-state index contributed by atoms with van der Waals surface area (Å²) in [7, 11) is 18.8. The zero-order valence-corrected chi connectivity index (χ0v) is 29.4. The summed E-state index contributed by atoms with van der Waals surface area (Å²) in [6, 6.07) is 0. The number of hydrogen-bond donors (Lipinski definition) is 0. The Morgan fingerprint density at radius 1 is 0.435 bits per heavy atom. The van der Waals surface area contributed by atoms with Gasteiger partial charge < -0.3 is 75.8 Å². The second-order valence-corrected chi connectivity index (χ2v) is 10.9. The monoisotopic (exact) mass is 674 g/mol. The molecule has 0 aromatic carbocycles. The van der Waals surface area contributed by atoms with Crippen LogP contribution in [0.3, 0.4) is 0 Å². The van der Waals surface area contributed by atoms with Gasteiger partial charge in [0.05, 0.1) is 26.4 Å². The van der Waals surface area contributed by atoms with Gasteiger partial charge >= 0.3 is 0 Å². The molecule has 0 spiro atoms. The zero-order valence-electron chi connectivity index (χ0n) is 29.4. The lowest BCUT2D eigenvalue weighted by Gasteiger charge is -2.50. The van der Waals surface area contributed by atoms with Crippen molar-refractivity contribution in [2.24, 2.45) is 0 Å². The van der Waals surface area contributed by atoms with Crippen molar-refractivity contribution in [3.63, 3.8) is 0 Å². The highest BCUT2D eigenvalue weighted by atomic mass is 16.8. The van der Waals surface area contributed by atoms with Crippen LogP contribution in [0.15, 0.2) is 0 Å². The van der Waals surface area contributed by atoms with Crippen molar-refractivity contribution in [3.05, 3.63) is 0 Å². The summed E-state index contributed by atoms with van der Waals surface area (Å²) in [4.78, 5) is 0. The van der Waals surface area contributed by atoms with Gasteiger partial charge in [-0.2, -0.15) is 0 Å². The van der Waals surface area contributed by atoms with Crippen molar-refractivity contribution in [2.75, 3.05) is 112 Å². The van der Waals surface area contributed by atoms with Crippen molar-refractivity contribution < 1.29 is 75.8 Å². The van der Waals surface area contributed by atoms with Gasteiger partial charge in [0, 0.05) is 85.3 Å². The van der Waals surface area contributed by atoms with Gasteiger partial charge in [0.2, 0.25) is 0 Å². The lowest BCUT2D eigenvalue weighted by atomic mass is 9.96. The number of methoxy groups -OCH3 is 12. The lowest BCUT2D eigenvalue weighted by molar-refractivity contribution is -0.377. The van der Waals surface area contributed by atoms with Gasteiger partial charge in [-0.15, -0.1) is 0 Å². The number of hydrogen-bond acceptors (Lipinski definition) is 16. The molecule has 14 atom stereocenters. The summed E-state index contributed by atoms with van der Waals surface area (Å²) in [5.41, 5.74) is 0. The molecule has 16 nitrogen and oxygen atoms in total. The summed E-state index contributed by atoms with van der Waals surface area (Å²) < 4.78 is 95.0. The Kier molecular flexibility index (Phi) is 20.0. The number of ether oxygens (including phenoxy) is 16. The zero-order chi connectivity index (χ0) is 34.2. The molecular formula is C30H58O16. The maximum atomic E-state index is 6.73. The van der Waals surface area contributed by atoms with E-state index in [2.05, 4.69) is 0 Å². The van der Waals surface area contributed by atoms with Gasteiger partial charge in [0.25, 0.3) is 0 Å². The quantitative estimate of drug-likeness (QED) is 0.142. The summed E-state index contributed by atoms with van der Waals surface area (Å²) in [5.74, 6) is 0.